The number of hydrogen-bond acceptors (Lipinski definition) is 3. The van der Waals surface area contributed by atoms with Crippen LogP contribution in [-0.4, -0.2) is 40.5 Å². The number of aliphatic hydroxyl groups excluding tert-OH is 1. The number of carbonyl (C=O) groups excluding carboxylic acids is 2. The van der Waals surface area contributed by atoms with E-state index in [0.29, 0.717) is 6.54 Å². The Bertz CT molecular complexity index is 335. The maximum absolute atomic E-state index is 12.2. The van der Waals surface area contributed by atoms with Crippen molar-refractivity contribution in [2.75, 3.05) is 6.54 Å². The molecule has 2 atom stereocenters. The fraction of sp³-hybridized carbons (Fsp3) is 0.833. The van der Waals surface area contributed by atoms with Gasteiger partial charge < -0.3 is 15.7 Å². The SMILES string of the molecule is CC(O)C(C(N)=O)N1CC2(CCCCC2)C1=O. The van der Waals surface area contributed by atoms with E-state index < -0.39 is 18.1 Å². The van der Waals surface area contributed by atoms with Crippen LogP contribution >= 0.6 is 0 Å². The number of primary amides is 1. The summed E-state index contributed by atoms with van der Waals surface area (Å²) in [6, 6.07) is -0.866. The lowest BCUT2D eigenvalue weighted by atomic mass is 9.67. The van der Waals surface area contributed by atoms with Gasteiger partial charge in [0.15, 0.2) is 0 Å². The summed E-state index contributed by atoms with van der Waals surface area (Å²) in [6.45, 7) is 2.07. The third-order valence-corrected chi connectivity index (χ3v) is 4.08. The van der Waals surface area contributed by atoms with Gasteiger partial charge in [-0.1, -0.05) is 19.3 Å². The molecule has 0 radical (unpaired) electrons. The molecule has 96 valence electrons. The molecular formula is C12H20N2O3. The Morgan fingerprint density at radius 2 is 2.00 bits per heavy atom. The number of rotatable bonds is 3. The Labute approximate surface area is 101 Å². The van der Waals surface area contributed by atoms with Gasteiger partial charge in [-0.2, -0.15) is 0 Å². The van der Waals surface area contributed by atoms with Crippen molar-refractivity contribution in [1.29, 1.82) is 0 Å². The monoisotopic (exact) mass is 240 g/mol. The summed E-state index contributed by atoms with van der Waals surface area (Å²) in [5.41, 5.74) is 4.99. The zero-order valence-corrected chi connectivity index (χ0v) is 10.2. The summed E-state index contributed by atoms with van der Waals surface area (Å²) >= 11 is 0. The molecule has 2 amide bonds. The van der Waals surface area contributed by atoms with Crippen molar-refractivity contribution >= 4 is 11.8 Å². The van der Waals surface area contributed by atoms with Crippen molar-refractivity contribution < 1.29 is 14.7 Å². The number of aliphatic hydroxyl groups is 1. The minimum atomic E-state index is -0.905. The van der Waals surface area contributed by atoms with E-state index in [-0.39, 0.29) is 11.3 Å². The summed E-state index contributed by atoms with van der Waals surface area (Å²) in [6.07, 6.45) is 4.26. The van der Waals surface area contributed by atoms with Gasteiger partial charge in [0, 0.05) is 6.54 Å². The second kappa shape index (κ2) is 4.29. The molecule has 1 aliphatic carbocycles. The molecule has 1 saturated carbocycles. The molecule has 0 bridgehead atoms. The van der Waals surface area contributed by atoms with Crippen LogP contribution in [0.4, 0.5) is 0 Å². The first-order valence-corrected chi connectivity index (χ1v) is 6.26. The van der Waals surface area contributed by atoms with E-state index in [4.69, 9.17) is 5.73 Å². The quantitative estimate of drug-likeness (QED) is 0.682. The van der Waals surface area contributed by atoms with Crippen LogP contribution in [0.15, 0.2) is 0 Å². The molecule has 3 N–H and O–H groups in total. The van der Waals surface area contributed by atoms with Crippen LogP contribution in [0.25, 0.3) is 0 Å². The molecular weight excluding hydrogens is 220 g/mol. The van der Waals surface area contributed by atoms with Gasteiger partial charge in [-0.25, -0.2) is 0 Å². The normalized spacial score (nSPS) is 26.5. The minimum absolute atomic E-state index is 0.00176. The molecule has 1 heterocycles. The van der Waals surface area contributed by atoms with Crippen LogP contribution < -0.4 is 5.73 Å². The molecule has 2 unspecified atom stereocenters. The van der Waals surface area contributed by atoms with E-state index in [2.05, 4.69) is 0 Å². The molecule has 5 heteroatoms. The molecule has 5 nitrogen and oxygen atoms in total. The molecule has 2 fully saturated rings. The standard InChI is InChI=1S/C12H20N2O3/c1-8(15)9(10(13)16)14-7-12(11(14)17)5-3-2-4-6-12/h8-9,15H,2-7H2,1H3,(H2,13,16). The highest BCUT2D eigenvalue weighted by Crippen LogP contribution is 2.45. The summed E-state index contributed by atoms with van der Waals surface area (Å²) in [5.74, 6) is -0.624. The van der Waals surface area contributed by atoms with Crippen molar-refractivity contribution in [2.24, 2.45) is 11.1 Å². The lowest BCUT2D eigenvalue weighted by Crippen LogP contribution is -2.69. The number of carbonyl (C=O) groups is 2. The smallest absolute Gasteiger partial charge is 0.242 e. The van der Waals surface area contributed by atoms with Crippen molar-refractivity contribution in [2.45, 2.75) is 51.2 Å². The number of hydrogen-bond donors (Lipinski definition) is 2. The maximum Gasteiger partial charge on any atom is 0.242 e. The van der Waals surface area contributed by atoms with Gasteiger partial charge in [-0.15, -0.1) is 0 Å². The van der Waals surface area contributed by atoms with Gasteiger partial charge in [-0.05, 0) is 19.8 Å². The third-order valence-electron chi connectivity index (χ3n) is 4.08. The van der Waals surface area contributed by atoms with Crippen molar-refractivity contribution in [3.05, 3.63) is 0 Å². The highest BCUT2D eigenvalue weighted by Gasteiger charge is 2.55. The van der Waals surface area contributed by atoms with Crippen LogP contribution in [0, 0.1) is 5.41 Å². The van der Waals surface area contributed by atoms with Crippen LogP contribution in [0.5, 0.6) is 0 Å². The molecule has 0 aromatic rings. The third kappa shape index (κ3) is 1.92. The first-order chi connectivity index (χ1) is 7.98. The molecule has 0 aromatic carbocycles. The van der Waals surface area contributed by atoms with E-state index in [0.717, 1.165) is 25.7 Å². The van der Waals surface area contributed by atoms with E-state index in [1.807, 2.05) is 0 Å². The molecule has 1 aliphatic heterocycles. The number of amides is 2. The summed E-state index contributed by atoms with van der Waals surface area (Å²) in [5, 5.41) is 9.53. The van der Waals surface area contributed by atoms with E-state index in [1.54, 1.807) is 0 Å². The number of likely N-dealkylation sites (tertiary alicyclic amines) is 1. The Morgan fingerprint density at radius 3 is 2.41 bits per heavy atom. The molecule has 0 aromatic heterocycles. The Kier molecular flexibility index (Phi) is 3.12. The number of β-lactam (4-membered cyclic amide) rings is 1. The lowest BCUT2D eigenvalue weighted by Gasteiger charge is -2.53. The summed E-state index contributed by atoms with van der Waals surface area (Å²) < 4.78 is 0. The van der Waals surface area contributed by atoms with Crippen molar-refractivity contribution in [3.63, 3.8) is 0 Å². The zero-order chi connectivity index (χ0) is 12.6. The van der Waals surface area contributed by atoms with Crippen LogP contribution in [-0.2, 0) is 9.59 Å². The fourth-order valence-corrected chi connectivity index (χ4v) is 3.16. The first-order valence-electron chi connectivity index (χ1n) is 6.26. The molecule has 2 aliphatic rings. The summed E-state index contributed by atoms with van der Waals surface area (Å²) in [4.78, 5) is 24.9. The van der Waals surface area contributed by atoms with Crippen molar-refractivity contribution in [3.8, 4) is 0 Å². The van der Waals surface area contributed by atoms with E-state index in [9.17, 15) is 14.7 Å². The minimum Gasteiger partial charge on any atom is -0.391 e. The molecule has 2 rings (SSSR count). The van der Waals surface area contributed by atoms with Crippen LogP contribution in [0.1, 0.15) is 39.0 Å². The van der Waals surface area contributed by atoms with Gasteiger partial charge in [-0.3, -0.25) is 9.59 Å². The van der Waals surface area contributed by atoms with E-state index in [1.165, 1.54) is 18.2 Å². The average molecular weight is 240 g/mol. The summed E-state index contributed by atoms with van der Waals surface area (Å²) in [7, 11) is 0. The van der Waals surface area contributed by atoms with Crippen LogP contribution in [0.2, 0.25) is 0 Å². The van der Waals surface area contributed by atoms with Gasteiger partial charge >= 0.3 is 0 Å². The average Bonchev–Trinajstić information content (AvgIpc) is 2.28. The maximum atomic E-state index is 12.2. The second-order valence-electron chi connectivity index (χ2n) is 5.36. The highest BCUT2D eigenvalue weighted by atomic mass is 16.3. The Hall–Kier alpha value is -1.10. The van der Waals surface area contributed by atoms with Crippen molar-refractivity contribution in [1.82, 2.24) is 4.90 Å². The molecule has 1 saturated heterocycles. The number of nitrogens with zero attached hydrogens (tertiary/aromatic N) is 1. The molecule has 17 heavy (non-hydrogen) atoms. The van der Waals surface area contributed by atoms with E-state index >= 15 is 0 Å². The van der Waals surface area contributed by atoms with Gasteiger partial charge in [0.2, 0.25) is 11.8 Å². The fourth-order valence-electron chi connectivity index (χ4n) is 3.16. The Morgan fingerprint density at radius 1 is 1.41 bits per heavy atom. The number of nitrogens with two attached hydrogens (primary N) is 1. The largest absolute Gasteiger partial charge is 0.391 e. The topological polar surface area (TPSA) is 83.6 Å². The predicted molar refractivity (Wildman–Crippen MR) is 61.9 cm³/mol. The predicted octanol–water partition coefficient (Wildman–Crippen LogP) is 0.0138. The van der Waals surface area contributed by atoms with Gasteiger partial charge in [0.05, 0.1) is 11.5 Å². The lowest BCUT2D eigenvalue weighted by molar-refractivity contribution is -0.174. The van der Waals surface area contributed by atoms with Gasteiger partial charge in [0.1, 0.15) is 6.04 Å². The zero-order valence-electron chi connectivity index (χ0n) is 10.2. The second-order valence-corrected chi connectivity index (χ2v) is 5.36. The first kappa shape index (κ1) is 12.4. The Balaban J connectivity index is 2.07. The molecule has 1 spiro atoms. The van der Waals surface area contributed by atoms with Crippen LogP contribution in [0.3, 0.4) is 0 Å². The highest BCUT2D eigenvalue weighted by molar-refractivity contribution is 5.94. The van der Waals surface area contributed by atoms with Gasteiger partial charge in [0.25, 0.3) is 0 Å².